The Bertz CT molecular complexity index is 609. The Morgan fingerprint density at radius 2 is 2.29 bits per heavy atom. The van der Waals surface area contributed by atoms with Crippen molar-refractivity contribution >= 4 is 22.4 Å². The van der Waals surface area contributed by atoms with Crippen LogP contribution in [0.1, 0.15) is 58.1 Å². The van der Waals surface area contributed by atoms with E-state index in [4.69, 9.17) is 9.72 Å². The number of nitrogens with one attached hydrogen (secondary N) is 1. The molecule has 1 amide bonds. The topological polar surface area (TPSA) is 54.5 Å². The lowest BCUT2D eigenvalue weighted by Gasteiger charge is -2.61. The van der Waals surface area contributed by atoms with Crippen molar-refractivity contribution in [3.63, 3.8) is 0 Å². The fraction of sp³-hybridized carbons (Fsp3) is 0.778. The summed E-state index contributed by atoms with van der Waals surface area (Å²) < 4.78 is 5.92. The van der Waals surface area contributed by atoms with Gasteiger partial charge in [0, 0.05) is 43.0 Å². The van der Waals surface area contributed by atoms with Gasteiger partial charge in [0.1, 0.15) is 0 Å². The van der Waals surface area contributed by atoms with Crippen LogP contribution in [0.25, 0.3) is 0 Å². The van der Waals surface area contributed by atoms with Crippen LogP contribution < -0.4 is 10.2 Å². The second-order valence-corrected chi connectivity index (χ2v) is 8.28. The predicted octanol–water partition coefficient (Wildman–Crippen LogP) is 3.10. The van der Waals surface area contributed by atoms with E-state index in [1.807, 2.05) is 4.90 Å². The van der Waals surface area contributed by atoms with Gasteiger partial charge >= 0.3 is 0 Å². The zero-order chi connectivity index (χ0) is 16.7. The maximum absolute atomic E-state index is 11.8. The van der Waals surface area contributed by atoms with Crippen LogP contribution in [-0.2, 0) is 16.1 Å². The van der Waals surface area contributed by atoms with E-state index in [0.29, 0.717) is 23.6 Å². The molecule has 0 radical (unpaired) electrons. The molecule has 1 spiro atoms. The molecule has 4 rings (SSSR count). The molecule has 0 bridgehead atoms. The first kappa shape index (κ1) is 16.5. The average molecular weight is 350 g/mol. The summed E-state index contributed by atoms with van der Waals surface area (Å²) in [5.74, 6) is 0.110. The third-order valence-electron chi connectivity index (χ3n) is 5.96. The number of aromatic nitrogens is 1. The molecular formula is C18H27N3O2S. The summed E-state index contributed by atoms with van der Waals surface area (Å²) >= 11 is 1.59. The van der Waals surface area contributed by atoms with E-state index in [2.05, 4.69) is 17.6 Å². The molecule has 3 aliphatic rings. The highest BCUT2D eigenvalue weighted by molar-refractivity contribution is 7.14. The standard InChI is InChI=1S/C18H27N3O2S/c1-3-23-16-9-15(18(16)7-4-8-18)19-10-13-11-24-17(20-13)21(12(2)22)14-5-6-14/h11,14-16,19H,3-10H2,1-2H3/t15-,16+/m1/s1. The fourth-order valence-electron chi connectivity index (χ4n) is 4.32. The molecule has 6 heteroatoms. The zero-order valence-electron chi connectivity index (χ0n) is 14.6. The van der Waals surface area contributed by atoms with Crippen molar-refractivity contribution in [1.29, 1.82) is 0 Å². The van der Waals surface area contributed by atoms with Gasteiger partial charge in [0.15, 0.2) is 5.13 Å². The number of nitrogens with zero attached hydrogens (tertiary/aromatic N) is 2. The molecule has 3 saturated carbocycles. The van der Waals surface area contributed by atoms with E-state index in [-0.39, 0.29) is 5.91 Å². The smallest absolute Gasteiger partial charge is 0.225 e. The molecule has 3 fully saturated rings. The molecular weight excluding hydrogens is 322 g/mol. The van der Waals surface area contributed by atoms with Crippen LogP contribution in [0, 0.1) is 5.41 Å². The Hall–Kier alpha value is -0.980. The van der Waals surface area contributed by atoms with Crippen molar-refractivity contribution in [2.24, 2.45) is 5.41 Å². The summed E-state index contributed by atoms with van der Waals surface area (Å²) in [5.41, 5.74) is 1.44. The van der Waals surface area contributed by atoms with Crippen molar-refractivity contribution in [2.45, 2.75) is 77.1 Å². The molecule has 0 unspecified atom stereocenters. The van der Waals surface area contributed by atoms with Crippen LogP contribution in [0.4, 0.5) is 5.13 Å². The number of thiazole rings is 1. The lowest BCUT2D eigenvalue weighted by Crippen LogP contribution is -2.66. The first-order valence-electron chi connectivity index (χ1n) is 9.23. The molecule has 132 valence electrons. The maximum Gasteiger partial charge on any atom is 0.225 e. The van der Waals surface area contributed by atoms with Crippen molar-refractivity contribution in [3.8, 4) is 0 Å². The highest BCUT2D eigenvalue weighted by atomic mass is 32.1. The van der Waals surface area contributed by atoms with E-state index in [1.54, 1.807) is 18.3 Å². The summed E-state index contributed by atoms with van der Waals surface area (Å²) in [5, 5.41) is 6.66. The van der Waals surface area contributed by atoms with Gasteiger partial charge in [0.05, 0.1) is 11.8 Å². The van der Waals surface area contributed by atoms with Gasteiger partial charge in [0.2, 0.25) is 5.91 Å². The van der Waals surface area contributed by atoms with E-state index in [9.17, 15) is 4.79 Å². The minimum atomic E-state index is 0.110. The third-order valence-corrected chi connectivity index (χ3v) is 6.85. The van der Waals surface area contributed by atoms with Crippen LogP contribution >= 0.6 is 11.3 Å². The van der Waals surface area contributed by atoms with Gasteiger partial charge in [-0.25, -0.2) is 4.98 Å². The summed E-state index contributed by atoms with van der Waals surface area (Å²) in [6, 6.07) is 0.937. The Morgan fingerprint density at radius 1 is 1.50 bits per heavy atom. The summed E-state index contributed by atoms with van der Waals surface area (Å²) in [6.45, 7) is 5.33. The van der Waals surface area contributed by atoms with E-state index < -0.39 is 0 Å². The predicted molar refractivity (Wildman–Crippen MR) is 95.2 cm³/mol. The lowest BCUT2D eigenvalue weighted by atomic mass is 9.51. The third kappa shape index (κ3) is 2.78. The zero-order valence-corrected chi connectivity index (χ0v) is 15.4. The molecule has 3 aliphatic carbocycles. The van der Waals surface area contributed by atoms with Gasteiger partial charge in [-0.3, -0.25) is 9.69 Å². The summed E-state index contributed by atoms with van der Waals surface area (Å²) in [6.07, 6.45) is 7.69. The normalized spacial score (nSPS) is 27.6. The van der Waals surface area contributed by atoms with Gasteiger partial charge in [-0.1, -0.05) is 6.42 Å². The summed E-state index contributed by atoms with van der Waals surface area (Å²) in [7, 11) is 0. The monoisotopic (exact) mass is 349 g/mol. The number of hydrogen-bond donors (Lipinski definition) is 1. The Morgan fingerprint density at radius 3 is 2.88 bits per heavy atom. The SMILES string of the molecule is CCO[C@H]1C[C@@H](NCc2csc(N(C(C)=O)C3CC3)n2)C12CCC2. The van der Waals surface area contributed by atoms with Crippen molar-refractivity contribution in [2.75, 3.05) is 11.5 Å². The number of hydrogen-bond acceptors (Lipinski definition) is 5. The Balaban J connectivity index is 1.35. The van der Waals surface area contributed by atoms with Crippen LogP contribution in [-0.4, -0.2) is 35.7 Å². The molecule has 1 aromatic rings. The quantitative estimate of drug-likeness (QED) is 0.822. The molecule has 1 aromatic heterocycles. The van der Waals surface area contributed by atoms with Crippen LogP contribution in [0.2, 0.25) is 0 Å². The molecule has 0 saturated heterocycles. The van der Waals surface area contributed by atoms with E-state index in [1.165, 1.54) is 19.3 Å². The summed E-state index contributed by atoms with van der Waals surface area (Å²) in [4.78, 5) is 18.4. The van der Waals surface area contributed by atoms with Crippen LogP contribution in [0.5, 0.6) is 0 Å². The molecule has 1 heterocycles. The Labute approximate surface area is 147 Å². The number of rotatable bonds is 7. The molecule has 5 nitrogen and oxygen atoms in total. The van der Waals surface area contributed by atoms with E-state index >= 15 is 0 Å². The molecule has 1 N–H and O–H groups in total. The Kier molecular flexibility index (Phi) is 4.39. The van der Waals surface area contributed by atoms with E-state index in [0.717, 1.165) is 43.2 Å². The van der Waals surface area contributed by atoms with Crippen molar-refractivity contribution in [3.05, 3.63) is 11.1 Å². The fourth-order valence-corrected chi connectivity index (χ4v) is 5.26. The highest BCUT2D eigenvalue weighted by Gasteiger charge is 2.58. The van der Waals surface area contributed by atoms with Crippen molar-refractivity contribution in [1.82, 2.24) is 10.3 Å². The minimum Gasteiger partial charge on any atom is -0.378 e. The number of ether oxygens (including phenoxy) is 1. The molecule has 0 aliphatic heterocycles. The van der Waals surface area contributed by atoms with Gasteiger partial charge in [0.25, 0.3) is 0 Å². The second-order valence-electron chi connectivity index (χ2n) is 7.44. The highest BCUT2D eigenvalue weighted by Crippen LogP contribution is 2.57. The number of anilines is 1. The second kappa shape index (κ2) is 6.39. The van der Waals surface area contributed by atoms with Crippen LogP contribution in [0.3, 0.4) is 0 Å². The van der Waals surface area contributed by atoms with Gasteiger partial charge in [-0.2, -0.15) is 0 Å². The molecule has 24 heavy (non-hydrogen) atoms. The first-order valence-corrected chi connectivity index (χ1v) is 10.1. The van der Waals surface area contributed by atoms with Gasteiger partial charge in [-0.05, 0) is 39.0 Å². The van der Waals surface area contributed by atoms with Crippen molar-refractivity contribution < 1.29 is 9.53 Å². The molecule has 2 atom stereocenters. The number of amides is 1. The largest absolute Gasteiger partial charge is 0.378 e. The average Bonchev–Trinajstić information content (AvgIpc) is 3.19. The van der Waals surface area contributed by atoms with Crippen LogP contribution in [0.15, 0.2) is 5.38 Å². The minimum absolute atomic E-state index is 0.110. The number of carbonyl (C=O) groups is 1. The van der Waals surface area contributed by atoms with Gasteiger partial charge in [-0.15, -0.1) is 11.3 Å². The maximum atomic E-state index is 11.8. The van der Waals surface area contributed by atoms with Gasteiger partial charge < -0.3 is 10.1 Å². The first-order chi connectivity index (χ1) is 11.6. The number of carbonyl (C=O) groups excluding carboxylic acids is 1. The lowest BCUT2D eigenvalue weighted by molar-refractivity contribution is -0.173. The molecule has 0 aromatic carbocycles.